The van der Waals surface area contributed by atoms with Gasteiger partial charge >= 0.3 is 6.03 Å². The average Bonchev–Trinajstić information content (AvgIpc) is 2.86. The van der Waals surface area contributed by atoms with Gasteiger partial charge in [-0.05, 0) is 47.5 Å². The first-order valence-corrected chi connectivity index (χ1v) is 11.6. The molecule has 0 saturated carbocycles. The monoisotopic (exact) mass is 494 g/mol. The molecule has 0 atom stereocenters. The van der Waals surface area contributed by atoms with Gasteiger partial charge in [-0.1, -0.05) is 29.8 Å². The van der Waals surface area contributed by atoms with Crippen molar-refractivity contribution in [3.05, 3.63) is 87.7 Å². The number of benzene rings is 3. The fourth-order valence-electron chi connectivity index (χ4n) is 4.30. The zero-order valence-electron chi connectivity index (χ0n) is 19.1. The number of urea groups is 1. The lowest BCUT2D eigenvalue weighted by Gasteiger charge is -2.35. The smallest absolute Gasteiger partial charge is 0.324 e. The van der Waals surface area contributed by atoms with Gasteiger partial charge in [0.15, 0.2) is 0 Å². The van der Waals surface area contributed by atoms with Gasteiger partial charge in [-0.25, -0.2) is 9.18 Å². The van der Waals surface area contributed by atoms with E-state index in [-0.39, 0.29) is 29.1 Å². The molecule has 0 unspecified atom stereocenters. The van der Waals surface area contributed by atoms with Gasteiger partial charge in [0.25, 0.3) is 5.91 Å². The molecule has 7 nitrogen and oxygen atoms in total. The number of amides is 3. The third-order valence-electron chi connectivity index (χ3n) is 6.15. The van der Waals surface area contributed by atoms with Gasteiger partial charge in [0, 0.05) is 42.8 Å². The van der Waals surface area contributed by atoms with Gasteiger partial charge < -0.3 is 20.3 Å². The number of nitrogens with zero attached hydrogens (tertiary/aromatic N) is 2. The highest BCUT2D eigenvalue weighted by Gasteiger charge is 2.30. The van der Waals surface area contributed by atoms with Crippen molar-refractivity contribution in [3.8, 4) is 5.75 Å². The lowest BCUT2D eigenvalue weighted by atomic mass is 10.0. The maximum Gasteiger partial charge on any atom is 0.324 e. The van der Waals surface area contributed by atoms with Gasteiger partial charge in [-0.2, -0.15) is 0 Å². The molecule has 2 aliphatic heterocycles. The van der Waals surface area contributed by atoms with Crippen LogP contribution >= 0.6 is 11.6 Å². The summed E-state index contributed by atoms with van der Waals surface area (Å²) in [5.41, 5.74) is 3.89. The van der Waals surface area contributed by atoms with E-state index < -0.39 is 5.82 Å². The summed E-state index contributed by atoms with van der Waals surface area (Å²) >= 11 is 6.22. The number of ether oxygens (including phenoxy) is 1. The van der Waals surface area contributed by atoms with Crippen LogP contribution in [0.5, 0.6) is 5.75 Å². The number of carbonyl (C=O) groups excluding carboxylic acids is 2. The maximum absolute atomic E-state index is 14.5. The van der Waals surface area contributed by atoms with Crippen LogP contribution in [0.25, 0.3) is 0 Å². The molecule has 3 aromatic carbocycles. The molecule has 180 valence electrons. The Hall–Kier alpha value is -3.78. The van der Waals surface area contributed by atoms with E-state index in [9.17, 15) is 14.0 Å². The van der Waals surface area contributed by atoms with Crippen LogP contribution in [0.4, 0.5) is 20.6 Å². The zero-order valence-corrected chi connectivity index (χ0v) is 19.9. The molecule has 0 fully saturated rings. The highest BCUT2D eigenvalue weighted by Crippen LogP contribution is 2.33. The number of hydrogen-bond acceptors (Lipinski definition) is 4. The van der Waals surface area contributed by atoms with Gasteiger partial charge in [0.1, 0.15) is 18.2 Å². The van der Waals surface area contributed by atoms with E-state index in [1.54, 1.807) is 30.1 Å². The van der Waals surface area contributed by atoms with Crippen molar-refractivity contribution in [2.75, 3.05) is 30.4 Å². The first-order chi connectivity index (χ1) is 16.9. The highest BCUT2D eigenvalue weighted by molar-refractivity contribution is 6.31. The predicted octanol–water partition coefficient (Wildman–Crippen LogP) is 4.79. The fourth-order valence-corrected chi connectivity index (χ4v) is 4.52. The topological polar surface area (TPSA) is 73.9 Å². The molecule has 0 saturated heterocycles. The summed E-state index contributed by atoms with van der Waals surface area (Å²) in [6, 6.07) is 15.1. The van der Waals surface area contributed by atoms with E-state index in [2.05, 4.69) is 10.6 Å². The Morgan fingerprint density at radius 3 is 2.89 bits per heavy atom. The fraction of sp³-hybridized carbons (Fsp3) is 0.231. The minimum absolute atomic E-state index is 0.0447. The number of carbonyl (C=O) groups is 2. The Labute approximate surface area is 207 Å². The van der Waals surface area contributed by atoms with Crippen LogP contribution < -0.4 is 20.3 Å². The molecule has 0 spiro atoms. The second kappa shape index (κ2) is 9.46. The van der Waals surface area contributed by atoms with E-state index in [1.807, 2.05) is 24.3 Å². The summed E-state index contributed by atoms with van der Waals surface area (Å²) in [5, 5.41) is 6.45. The number of rotatable bonds is 5. The molecule has 3 aromatic rings. The third-order valence-corrected chi connectivity index (χ3v) is 6.51. The second-order valence-electron chi connectivity index (χ2n) is 8.56. The van der Waals surface area contributed by atoms with E-state index in [0.29, 0.717) is 30.9 Å². The van der Waals surface area contributed by atoms with Crippen molar-refractivity contribution < 1.29 is 18.7 Å². The summed E-state index contributed by atoms with van der Waals surface area (Å²) in [5.74, 6) is 0.0367. The Balaban J connectivity index is 1.37. The maximum atomic E-state index is 14.5. The quantitative estimate of drug-likeness (QED) is 0.535. The normalized spacial score (nSPS) is 14.5. The minimum atomic E-state index is -0.487. The van der Waals surface area contributed by atoms with Crippen molar-refractivity contribution in [1.82, 2.24) is 10.2 Å². The van der Waals surface area contributed by atoms with Crippen LogP contribution in [0.15, 0.2) is 54.6 Å². The standard InChI is InChI=1S/C26H24ClFN4O3/c1-31-14-18-7-6-17(25(33)30-13-16-5-8-24-22(11-16)29-9-10-35-24)12-23(18)32(26(31)34)15-19-20(27)3-2-4-21(19)28/h2-8,11-12,29H,9-10,13-15H2,1H3,(H,30,33). The van der Waals surface area contributed by atoms with E-state index >= 15 is 0 Å². The van der Waals surface area contributed by atoms with Crippen molar-refractivity contribution in [1.29, 1.82) is 0 Å². The van der Waals surface area contributed by atoms with Crippen molar-refractivity contribution in [3.63, 3.8) is 0 Å². The molecule has 35 heavy (non-hydrogen) atoms. The molecule has 5 rings (SSSR count). The lowest BCUT2D eigenvalue weighted by Crippen LogP contribution is -2.45. The Kier molecular flexibility index (Phi) is 6.21. The molecular weight excluding hydrogens is 471 g/mol. The van der Waals surface area contributed by atoms with Gasteiger partial charge in [-0.3, -0.25) is 9.69 Å². The zero-order chi connectivity index (χ0) is 24.5. The summed E-state index contributed by atoms with van der Waals surface area (Å²) in [6.07, 6.45) is 0. The highest BCUT2D eigenvalue weighted by atomic mass is 35.5. The van der Waals surface area contributed by atoms with Gasteiger partial charge in [0.05, 0.1) is 17.9 Å². The molecule has 2 heterocycles. The Morgan fingerprint density at radius 2 is 2.06 bits per heavy atom. The number of anilines is 2. The minimum Gasteiger partial charge on any atom is -0.490 e. The van der Waals surface area contributed by atoms with Crippen LogP contribution in [-0.2, 0) is 19.6 Å². The van der Waals surface area contributed by atoms with Gasteiger partial charge in [-0.15, -0.1) is 0 Å². The first-order valence-electron chi connectivity index (χ1n) is 11.3. The molecule has 9 heteroatoms. The summed E-state index contributed by atoms with van der Waals surface area (Å²) < 4.78 is 20.1. The van der Waals surface area contributed by atoms with Crippen molar-refractivity contribution in [2.24, 2.45) is 0 Å². The van der Waals surface area contributed by atoms with Crippen LogP contribution in [0.3, 0.4) is 0 Å². The van der Waals surface area contributed by atoms with Crippen molar-refractivity contribution >= 4 is 34.9 Å². The van der Waals surface area contributed by atoms with Gasteiger partial charge in [0.2, 0.25) is 0 Å². The Morgan fingerprint density at radius 1 is 1.20 bits per heavy atom. The van der Waals surface area contributed by atoms with E-state index in [1.165, 1.54) is 17.0 Å². The molecule has 0 radical (unpaired) electrons. The van der Waals surface area contributed by atoms with Crippen LogP contribution in [-0.4, -0.2) is 37.0 Å². The molecule has 2 aliphatic rings. The second-order valence-corrected chi connectivity index (χ2v) is 8.96. The summed E-state index contributed by atoms with van der Waals surface area (Å²) in [6.45, 7) is 2.04. The largest absolute Gasteiger partial charge is 0.490 e. The van der Waals surface area contributed by atoms with E-state index in [0.717, 1.165) is 29.1 Å². The molecule has 2 N–H and O–H groups in total. The van der Waals surface area contributed by atoms with Crippen molar-refractivity contribution in [2.45, 2.75) is 19.6 Å². The molecular formula is C26H24ClFN4O3. The molecule has 3 amide bonds. The van der Waals surface area contributed by atoms with Crippen LogP contribution in [0, 0.1) is 5.82 Å². The number of fused-ring (bicyclic) bond motifs is 2. The Bertz CT molecular complexity index is 1300. The number of hydrogen-bond donors (Lipinski definition) is 2. The average molecular weight is 495 g/mol. The molecule has 0 aromatic heterocycles. The van der Waals surface area contributed by atoms with Crippen LogP contribution in [0.2, 0.25) is 5.02 Å². The van der Waals surface area contributed by atoms with E-state index in [4.69, 9.17) is 16.3 Å². The third kappa shape index (κ3) is 4.61. The first kappa shape index (κ1) is 23.0. The molecule has 0 bridgehead atoms. The number of halogens is 2. The lowest BCUT2D eigenvalue weighted by molar-refractivity contribution is 0.0950. The summed E-state index contributed by atoms with van der Waals surface area (Å²) in [4.78, 5) is 29.0. The number of nitrogens with one attached hydrogen (secondary N) is 2. The van der Waals surface area contributed by atoms with Crippen LogP contribution in [0.1, 0.15) is 27.0 Å². The molecule has 0 aliphatic carbocycles. The summed E-state index contributed by atoms with van der Waals surface area (Å²) in [7, 11) is 1.68. The SMILES string of the molecule is CN1Cc2ccc(C(=O)NCc3ccc4c(c3)NCCO4)cc2N(Cc2c(F)cccc2Cl)C1=O. The predicted molar refractivity (Wildman–Crippen MR) is 132 cm³/mol.